The molecule has 0 radical (unpaired) electrons. The van der Waals surface area contributed by atoms with Crippen LogP contribution in [0.3, 0.4) is 0 Å². The molecule has 0 amide bonds. The van der Waals surface area contributed by atoms with Gasteiger partial charge < -0.3 is 20.3 Å². The van der Waals surface area contributed by atoms with Crippen LogP contribution in [0.5, 0.6) is 17.2 Å². The van der Waals surface area contributed by atoms with Gasteiger partial charge in [0, 0.05) is 5.56 Å². The summed E-state index contributed by atoms with van der Waals surface area (Å²) in [6, 6.07) is 7.80. The summed E-state index contributed by atoms with van der Waals surface area (Å²) in [6.45, 7) is 3.74. The third-order valence-corrected chi connectivity index (χ3v) is 3.68. The molecule has 1 heterocycles. The highest BCUT2D eigenvalue weighted by molar-refractivity contribution is 5.87. The van der Waals surface area contributed by atoms with E-state index < -0.39 is 11.2 Å². The molecule has 22 heavy (non-hydrogen) atoms. The molecule has 5 heteroatoms. The standard InChI is InChI=1S/C17H15NO4/c1-8-5-9(2)14-11(6-8)18-15(17(22)16(14)21)10-3-4-12(19)13(20)7-10/h3-7,19-20,22H,1-2H3,(H,18,21). The van der Waals surface area contributed by atoms with Gasteiger partial charge >= 0.3 is 0 Å². The topological polar surface area (TPSA) is 93.6 Å². The number of rotatable bonds is 1. The zero-order chi connectivity index (χ0) is 16.0. The smallest absolute Gasteiger partial charge is 0.231 e. The molecule has 0 atom stereocenters. The first-order valence-electron chi connectivity index (χ1n) is 6.77. The summed E-state index contributed by atoms with van der Waals surface area (Å²) in [6.07, 6.45) is 0. The fraction of sp³-hybridized carbons (Fsp3) is 0.118. The van der Waals surface area contributed by atoms with Crippen LogP contribution in [0.4, 0.5) is 0 Å². The first-order valence-corrected chi connectivity index (χ1v) is 6.77. The number of aryl methyl sites for hydroxylation is 2. The Balaban J connectivity index is 2.38. The Morgan fingerprint density at radius 1 is 0.955 bits per heavy atom. The van der Waals surface area contributed by atoms with E-state index in [-0.39, 0.29) is 17.2 Å². The molecule has 0 aliphatic heterocycles. The van der Waals surface area contributed by atoms with E-state index in [1.807, 2.05) is 26.0 Å². The van der Waals surface area contributed by atoms with Gasteiger partial charge in [-0.3, -0.25) is 4.79 Å². The second kappa shape index (κ2) is 4.80. The second-order valence-electron chi connectivity index (χ2n) is 5.39. The van der Waals surface area contributed by atoms with Crippen molar-refractivity contribution in [1.82, 2.24) is 4.98 Å². The molecule has 0 aliphatic rings. The van der Waals surface area contributed by atoms with Crippen LogP contribution in [0, 0.1) is 13.8 Å². The van der Waals surface area contributed by atoms with E-state index in [1.54, 1.807) is 0 Å². The summed E-state index contributed by atoms with van der Waals surface area (Å²) in [5.74, 6) is -0.999. The van der Waals surface area contributed by atoms with Crippen molar-refractivity contribution >= 4 is 10.9 Å². The number of phenolic OH excluding ortho intramolecular Hbond substituents is 2. The van der Waals surface area contributed by atoms with Gasteiger partial charge in [-0.25, -0.2) is 0 Å². The Hall–Kier alpha value is -2.95. The minimum atomic E-state index is -0.464. The van der Waals surface area contributed by atoms with Crippen LogP contribution in [-0.2, 0) is 0 Å². The first kappa shape index (κ1) is 14.0. The molecule has 0 fully saturated rings. The average molecular weight is 297 g/mol. The molecular formula is C17H15NO4. The molecule has 0 spiro atoms. The van der Waals surface area contributed by atoms with Gasteiger partial charge in [0.05, 0.1) is 16.6 Å². The highest BCUT2D eigenvalue weighted by Crippen LogP contribution is 2.33. The number of nitrogens with one attached hydrogen (secondary N) is 1. The van der Waals surface area contributed by atoms with Crippen LogP contribution < -0.4 is 5.43 Å². The molecular weight excluding hydrogens is 282 g/mol. The molecule has 0 bridgehead atoms. The van der Waals surface area contributed by atoms with Crippen molar-refractivity contribution in [3.8, 4) is 28.5 Å². The monoisotopic (exact) mass is 297 g/mol. The lowest BCUT2D eigenvalue weighted by Crippen LogP contribution is -2.07. The summed E-state index contributed by atoms with van der Waals surface area (Å²) in [5, 5.41) is 29.6. The van der Waals surface area contributed by atoms with Crippen LogP contribution in [0.15, 0.2) is 35.1 Å². The molecule has 3 rings (SSSR count). The Morgan fingerprint density at radius 2 is 1.68 bits per heavy atom. The van der Waals surface area contributed by atoms with Crippen molar-refractivity contribution in [1.29, 1.82) is 0 Å². The van der Waals surface area contributed by atoms with Crippen LogP contribution in [0.25, 0.3) is 22.2 Å². The van der Waals surface area contributed by atoms with Gasteiger partial charge in [0.2, 0.25) is 5.43 Å². The third-order valence-electron chi connectivity index (χ3n) is 3.68. The fourth-order valence-corrected chi connectivity index (χ4v) is 2.68. The summed E-state index contributed by atoms with van der Waals surface area (Å²) in [7, 11) is 0. The number of pyridine rings is 1. The van der Waals surface area contributed by atoms with E-state index in [4.69, 9.17) is 0 Å². The molecule has 2 aromatic carbocycles. The van der Waals surface area contributed by atoms with Gasteiger partial charge in [-0.1, -0.05) is 6.07 Å². The maximum absolute atomic E-state index is 12.4. The van der Waals surface area contributed by atoms with E-state index in [2.05, 4.69) is 4.98 Å². The Kier molecular flexibility index (Phi) is 3.06. The highest BCUT2D eigenvalue weighted by atomic mass is 16.3. The van der Waals surface area contributed by atoms with Crippen LogP contribution in [0.2, 0.25) is 0 Å². The fourth-order valence-electron chi connectivity index (χ4n) is 2.68. The van der Waals surface area contributed by atoms with Gasteiger partial charge in [0.15, 0.2) is 17.2 Å². The highest BCUT2D eigenvalue weighted by Gasteiger charge is 2.15. The number of aromatic hydroxyl groups is 3. The quantitative estimate of drug-likeness (QED) is 0.519. The van der Waals surface area contributed by atoms with Crippen molar-refractivity contribution in [2.75, 3.05) is 0 Å². The van der Waals surface area contributed by atoms with Gasteiger partial charge in [-0.15, -0.1) is 0 Å². The molecule has 1 aromatic heterocycles. The van der Waals surface area contributed by atoms with Gasteiger partial charge in [-0.05, 0) is 49.2 Å². The minimum Gasteiger partial charge on any atom is -0.504 e. The number of aromatic nitrogens is 1. The first-order chi connectivity index (χ1) is 10.4. The maximum atomic E-state index is 12.4. The number of fused-ring (bicyclic) bond motifs is 1. The minimum absolute atomic E-state index is 0.206. The Bertz CT molecular complexity index is 957. The molecule has 0 unspecified atom stereocenters. The van der Waals surface area contributed by atoms with E-state index in [1.165, 1.54) is 18.2 Å². The molecule has 5 nitrogen and oxygen atoms in total. The van der Waals surface area contributed by atoms with Crippen LogP contribution in [0.1, 0.15) is 11.1 Å². The average Bonchev–Trinajstić information content (AvgIpc) is 2.45. The number of aromatic amines is 1. The summed E-state index contributed by atoms with van der Waals surface area (Å²) in [5.41, 5.74) is 2.54. The van der Waals surface area contributed by atoms with Crippen molar-refractivity contribution in [2.45, 2.75) is 13.8 Å². The van der Waals surface area contributed by atoms with Gasteiger partial charge in [0.1, 0.15) is 0 Å². The number of benzene rings is 2. The van der Waals surface area contributed by atoms with E-state index in [0.29, 0.717) is 16.5 Å². The maximum Gasteiger partial charge on any atom is 0.231 e. The molecule has 112 valence electrons. The van der Waals surface area contributed by atoms with Gasteiger partial charge in [-0.2, -0.15) is 0 Å². The van der Waals surface area contributed by atoms with Gasteiger partial charge in [0.25, 0.3) is 0 Å². The molecule has 4 N–H and O–H groups in total. The van der Waals surface area contributed by atoms with Crippen molar-refractivity contribution in [3.63, 3.8) is 0 Å². The molecule has 0 saturated carbocycles. The number of hydrogen-bond donors (Lipinski definition) is 4. The normalized spacial score (nSPS) is 11.0. The number of hydrogen-bond acceptors (Lipinski definition) is 4. The molecule has 0 saturated heterocycles. The lowest BCUT2D eigenvalue weighted by atomic mass is 10.0. The largest absolute Gasteiger partial charge is 0.504 e. The lowest BCUT2D eigenvalue weighted by Gasteiger charge is -2.10. The summed E-state index contributed by atoms with van der Waals surface area (Å²) in [4.78, 5) is 15.5. The predicted molar refractivity (Wildman–Crippen MR) is 84.5 cm³/mol. The SMILES string of the molecule is Cc1cc(C)c2c(=O)c(O)c(-c3ccc(O)c(O)c3)[nH]c2c1. The predicted octanol–water partition coefficient (Wildman–Crippen LogP) is 2.93. The van der Waals surface area contributed by atoms with Crippen LogP contribution in [-0.4, -0.2) is 20.3 Å². The van der Waals surface area contributed by atoms with E-state index >= 15 is 0 Å². The Labute approximate surface area is 126 Å². The number of H-pyrrole nitrogens is 1. The Morgan fingerprint density at radius 3 is 2.36 bits per heavy atom. The zero-order valence-electron chi connectivity index (χ0n) is 12.1. The second-order valence-corrected chi connectivity index (χ2v) is 5.39. The van der Waals surface area contributed by atoms with Crippen molar-refractivity contribution in [3.05, 3.63) is 51.7 Å². The third kappa shape index (κ3) is 2.07. The summed E-state index contributed by atoms with van der Waals surface area (Å²) < 4.78 is 0. The summed E-state index contributed by atoms with van der Waals surface area (Å²) >= 11 is 0. The lowest BCUT2D eigenvalue weighted by molar-refractivity contribution is 0.404. The molecule has 3 aromatic rings. The van der Waals surface area contributed by atoms with Crippen molar-refractivity contribution in [2.24, 2.45) is 0 Å². The number of phenols is 2. The van der Waals surface area contributed by atoms with E-state index in [9.17, 15) is 20.1 Å². The molecule has 0 aliphatic carbocycles. The zero-order valence-corrected chi connectivity index (χ0v) is 12.1. The van der Waals surface area contributed by atoms with E-state index in [0.717, 1.165) is 11.1 Å². The van der Waals surface area contributed by atoms with Crippen molar-refractivity contribution < 1.29 is 15.3 Å². The van der Waals surface area contributed by atoms with Crippen LogP contribution >= 0.6 is 0 Å².